The Kier molecular flexibility index (Phi) is 4.70. The van der Waals surface area contributed by atoms with Crippen molar-refractivity contribution in [2.24, 2.45) is 5.41 Å². The molecule has 0 bridgehead atoms. The number of para-hydroxylation sites is 2. The highest BCUT2D eigenvalue weighted by Crippen LogP contribution is 2.64. The molecule has 3 aromatic rings. The van der Waals surface area contributed by atoms with E-state index in [1.54, 1.807) is 11.0 Å². The van der Waals surface area contributed by atoms with Crippen LogP contribution in [0.1, 0.15) is 36.3 Å². The summed E-state index contributed by atoms with van der Waals surface area (Å²) in [6.45, 7) is 0.405. The van der Waals surface area contributed by atoms with Crippen molar-refractivity contribution in [3.63, 3.8) is 0 Å². The van der Waals surface area contributed by atoms with Gasteiger partial charge in [0.1, 0.15) is 5.75 Å². The molecule has 5 rings (SSSR count). The summed E-state index contributed by atoms with van der Waals surface area (Å²) in [6, 6.07) is 25.0. The van der Waals surface area contributed by atoms with Crippen LogP contribution in [0.3, 0.4) is 0 Å². The molecule has 1 fully saturated rings. The van der Waals surface area contributed by atoms with Crippen LogP contribution in [0.4, 0.5) is 16.2 Å². The second-order valence-electron chi connectivity index (χ2n) is 8.38. The Labute approximate surface area is 176 Å². The molecule has 2 unspecified atom stereocenters. The Morgan fingerprint density at radius 2 is 1.63 bits per heavy atom. The standard InChI is InChI=1S/C26H25NO3/c28-24-15-7-13-21-22(24)14-8-16-26(17-23(21)26)18-30-25(29)27(19-9-3-1-4-10-19)20-11-5-2-6-12-20/h1-7,9-13,15,23,28H,8,14,16-18H2. The predicted octanol–water partition coefficient (Wildman–Crippen LogP) is 6.18. The Balaban J connectivity index is 1.36. The van der Waals surface area contributed by atoms with Crippen molar-refractivity contribution in [3.05, 3.63) is 90.0 Å². The van der Waals surface area contributed by atoms with E-state index in [0.717, 1.165) is 42.6 Å². The first-order valence-corrected chi connectivity index (χ1v) is 10.6. The summed E-state index contributed by atoms with van der Waals surface area (Å²) in [7, 11) is 0. The summed E-state index contributed by atoms with van der Waals surface area (Å²) < 4.78 is 5.92. The maximum absolute atomic E-state index is 13.2. The van der Waals surface area contributed by atoms with Gasteiger partial charge in [0.2, 0.25) is 0 Å². The number of phenols is 1. The fourth-order valence-electron chi connectivity index (χ4n) is 4.89. The molecule has 0 spiro atoms. The highest BCUT2D eigenvalue weighted by atomic mass is 16.6. The number of rotatable bonds is 4. The molecule has 1 saturated carbocycles. The molecule has 4 heteroatoms. The van der Waals surface area contributed by atoms with Gasteiger partial charge in [-0.3, -0.25) is 0 Å². The van der Waals surface area contributed by atoms with Crippen LogP contribution in [0.2, 0.25) is 0 Å². The lowest BCUT2D eigenvalue weighted by molar-refractivity contribution is 0.124. The van der Waals surface area contributed by atoms with Crippen molar-refractivity contribution >= 4 is 17.5 Å². The fraction of sp³-hybridized carbons (Fsp3) is 0.269. The number of hydrogen-bond acceptors (Lipinski definition) is 3. The molecule has 2 atom stereocenters. The van der Waals surface area contributed by atoms with Crippen molar-refractivity contribution < 1.29 is 14.6 Å². The number of benzene rings is 3. The summed E-state index contributed by atoms with van der Waals surface area (Å²) in [6.07, 6.45) is 3.55. The molecule has 3 aromatic carbocycles. The quantitative estimate of drug-likeness (QED) is 0.570. The number of carbonyl (C=O) groups is 1. The Bertz CT molecular complexity index is 1010. The minimum absolute atomic E-state index is 0.00620. The second-order valence-corrected chi connectivity index (χ2v) is 8.38. The summed E-state index contributed by atoms with van der Waals surface area (Å²) in [5.41, 5.74) is 3.87. The topological polar surface area (TPSA) is 49.8 Å². The van der Waals surface area contributed by atoms with Crippen LogP contribution in [0.15, 0.2) is 78.9 Å². The SMILES string of the molecule is O=C(OCC12CCCc3c(O)cccc3C1C2)N(c1ccccc1)c1ccccc1. The van der Waals surface area contributed by atoms with Crippen LogP contribution in [0.25, 0.3) is 0 Å². The average molecular weight is 399 g/mol. The summed E-state index contributed by atoms with van der Waals surface area (Å²) >= 11 is 0. The summed E-state index contributed by atoms with van der Waals surface area (Å²) in [5, 5.41) is 10.3. The third kappa shape index (κ3) is 3.32. The molecule has 2 aliphatic rings. The molecular formula is C26H25NO3. The van der Waals surface area contributed by atoms with Gasteiger partial charge >= 0.3 is 6.09 Å². The van der Waals surface area contributed by atoms with E-state index in [-0.39, 0.29) is 11.5 Å². The molecule has 1 amide bonds. The highest BCUT2D eigenvalue weighted by Gasteiger charge is 2.56. The van der Waals surface area contributed by atoms with Gasteiger partial charge in [0, 0.05) is 5.41 Å². The lowest BCUT2D eigenvalue weighted by Gasteiger charge is -2.24. The van der Waals surface area contributed by atoms with Crippen molar-refractivity contribution in [1.29, 1.82) is 0 Å². The number of anilines is 2. The van der Waals surface area contributed by atoms with Crippen LogP contribution in [0, 0.1) is 5.41 Å². The Morgan fingerprint density at radius 1 is 0.967 bits per heavy atom. The molecule has 0 aliphatic heterocycles. The molecule has 0 aromatic heterocycles. The van der Waals surface area contributed by atoms with Crippen molar-refractivity contribution in [2.75, 3.05) is 11.5 Å². The van der Waals surface area contributed by atoms with Gasteiger partial charge in [-0.1, -0.05) is 48.5 Å². The van der Waals surface area contributed by atoms with E-state index < -0.39 is 0 Å². The number of nitrogens with zero attached hydrogens (tertiary/aromatic N) is 1. The smallest absolute Gasteiger partial charge is 0.418 e. The predicted molar refractivity (Wildman–Crippen MR) is 117 cm³/mol. The first-order chi connectivity index (χ1) is 14.7. The molecule has 152 valence electrons. The minimum atomic E-state index is -0.354. The Morgan fingerprint density at radius 3 is 2.30 bits per heavy atom. The van der Waals surface area contributed by atoms with E-state index in [2.05, 4.69) is 6.07 Å². The fourth-order valence-corrected chi connectivity index (χ4v) is 4.89. The number of carbonyl (C=O) groups excluding carboxylic acids is 1. The zero-order valence-corrected chi connectivity index (χ0v) is 16.8. The molecule has 1 N–H and O–H groups in total. The zero-order valence-electron chi connectivity index (χ0n) is 16.8. The van der Waals surface area contributed by atoms with Crippen molar-refractivity contribution in [2.45, 2.75) is 31.6 Å². The molecule has 0 radical (unpaired) electrons. The van der Waals surface area contributed by atoms with Gasteiger partial charge in [0.25, 0.3) is 0 Å². The second kappa shape index (κ2) is 7.52. The summed E-state index contributed by atoms with van der Waals surface area (Å²) in [5.74, 6) is 0.753. The number of aromatic hydroxyl groups is 1. The largest absolute Gasteiger partial charge is 0.508 e. The van der Waals surface area contributed by atoms with E-state index in [1.165, 1.54) is 5.56 Å². The number of fused-ring (bicyclic) bond motifs is 3. The maximum Gasteiger partial charge on any atom is 0.418 e. The highest BCUT2D eigenvalue weighted by molar-refractivity contribution is 5.95. The van der Waals surface area contributed by atoms with Gasteiger partial charge < -0.3 is 9.84 Å². The number of amides is 1. The van der Waals surface area contributed by atoms with E-state index in [1.807, 2.05) is 66.7 Å². The number of ether oxygens (including phenoxy) is 1. The van der Waals surface area contributed by atoms with Gasteiger partial charge in [-0.15, -0.1) is 0 Å². The van der Waals surface area contributed by atoms with E-state index in [4.69, 9.17) is 4.74 Å². The molecule has 4 nitrogen and oxygen atoms in total. The van der Waals surface area contributed by atoms with Gasteiger partial charge in [-0.05, 0) is 73.1 Å². The lowest BCUT2D eigenvalue weighted by atomic mass is 9.97. The molecule has 0 heterocycles. The number of hydrogen-bond donors (Lipinski definition) is 1. The number of phenolic OH excluding ortho intramolecular Hbond substituents is 1. The van der Waals surface area contributed by atoms with E-state index in [0.29, 0.717) is 18.3 Å². The maximum atomic E-state index is 13.2. The average Bonchev–Trinajstić information content (AvgIpc) is 3.51. The normalized spacial score (nSPS) is 21.7. The van der Waals surface area contributed by atoms with Gasteiger partial charge in [0.15, 0.2) is 0 Å². The van der Waals surface area contributed by atoms with Crippen LogP contribution < -0.4 is 4.90 Å². The molecular weight excluding hydrogens is 374 g/mol. The first-order valence-electron chi connectivity index (χ1n) is 10.6. The van der Waals surface area contributed by atoms with Crippen LogP contribution in [0.5, 0.6) is 5.75 Å². The molecule has 30 heavy (non-hydrogen) atoms. The first kappa shape index (κ1) is 18.7. The molecule has 0 saturated heterocycles. The van der Waals surface area contributed by atoms with Gasteiger partial charge in [-0.25, -0.2) is 9.69 Å². The third-order valence-corrected chi connectivity index (χ3v) is 6.55. The third-order valence-electron chi connectivity index (χ3n) is 6.55. The van der Waals surface area contributed by atoms with Crippen molar-refractivity contribution in [1.82, 2.24) is 0 Å². The minimum Gasteiger partial charge on any atom is -0.508 e. The van der Waals surface area contributed by atoms with Crippen LogP contribution >= 0.6 is 0 Å². The molecule has 2 aliphatic carbocycles. The van der Waals surface area contributed by atoms with Crippen LogP contribution in [-0.4, -0.2) is 17.8 Å². The zero-order chi connectivity index (χ0) is 20.6. The van der Waals surface area contributed by atoms with E-state index in [9.17, 15) is 9.90 Å². The Hall–Kier alpha value is -3.27. The lowest BCUT2D eigenvalue weighted by Crippen LogP contribution is -2.29. The van der Waals surface area contributed by atoms with E-state index >= 15 is 0 Å². The van der Waals surface area contributed by atoms with Crippen molar-refractivity contribution in [3.8, 4) is 5.75 Å². The van der Waals surface area contributed by atoms with Crippen LogP contribution in [-0.2, 0) is 11.2 Å². The van der Waals surface area contributed by atoms with Gasteiger partial charge in [-0.2, -0.15) is 0 Å². The van der Waals surface area contributed by atoms with Gasteiger partial charge in [0.05, 0.1) is 18.0 Å². The summed E-state index contributed by atoms with van der Waals surface area (Å²) in [4.78, 5) is 14.8. The monoisotopic (exact) mass is 399 g/mol.